The van der Waals surface area contributed by atoms with Crippen molar-refractivity contribution >= 4 is 17.7 Å². The molecule has 1 aliphatic carbocycles. The van der Waals surface area contributed by atoms with Crippen molar-refractivity contribution in [3.05, 3.63) is 65.7 Å². The maximum Gasteiger partial charge on any atom is 0.302 e. The number of amides is 1. The number of alkyl halides is 2. The summed E-state index contributed by atoms with van der Waals surface area (Å²) in [5.74, 6) is -2.50. The fourth-order valence-corrected chi connectivity index (χ4v) is 3.51. The van der Waals surface area contributed by atoms with Crippen molar-refractivity contribution in [1.29, 1.82) is 0 Å². The van der Waals surface area contributed by atoms with Crippen molar-refractivity contribution in [2.24, 2.45) is 10.4 Å². The molecule has 1 aliphatic heterocycles. The average Bonchev–Trinajstić information content (AvgIpc) is 3.48. The molecule has 8 nitrogen and oxygen atoms in total. The number of carbonyl (C=O) groups is 1. The summed E-state index contributed by atoms with van der Waals surface area (Å²) >= 11 is 0. The molecule has 1 amide bonds. The van der Waals surface area contributed by atoms with E-state index >= 15 is 0 Å². The molecule has 2 N–H and O–H groups in total. The summed E-state index contributed by atoms with van der Waals surface area (Å²) in [4.78, 5) is 30.3. The van der Waals surface area contributed by atoms with Crippen LogP contribution < -0.4 is 15.4 Å². The van der Waals surface area contributed by atoms with Gasteiger partial charge < -0.3 is 15.4 Å². The Morgan fingerprint density at radius 2 is 2.14 bits per heavy atom. The maximum absolute atomic E-state index is 13.6. The number of aliphatic imine (C=N–C) groups is 1. The highest BCUT2D eigenvalue weighted by Gasteiger charge is 2.49. The molecule has 3 unspecified atom stereocenters. The molecule has 1 fully saturated rings. The third-order valence-corrected chi connectivity index (χ3v) is 6.11. The van der Waals surface area contributed by atoms with Crippen LogP contribution in [0.25, 0.3) is 0 Å². The predicted octanol–water partition coefficient (Wildman–Crippen LogP) is 4.42. The number of pyridine rings is 1. The van der Waals surface area contributed by atoms with E-state index in [9.17, 15) is 13.6 Å². The van der Waals surface area contributed by atoms with Gasteiger partial charge in [0.05, 0.1) is 12.1 Å². The van der Waals surface area contributed by atoms with E-state index in [-0.39, 0.29) is 34.5 Å². The molecular weight excluding hydrogens is 454 g/mol. The number of carbonyl (C=O) groups excluding carboxylic acids is 1. The number of ether oxygens (including phenoxy) is 1. The molecule has 35 heavy (non-hydrogen) atoms. The third kappa shape index (κ3) is 5.70. The summed E-state index contributed by atoms with van der Waals surface area (Å²) in [5.41, 5.74) is 1.40. The molecule has 0 bridgehead atoms. The van der Waals surface area contributed by atoms with Crippen LogP contribution in [0.1, 0.15) is 55.0 Å². The van der Waals surface area contributed by atoms with Crippen LogP contribution in [0, 0.1) is 12.3 Å². The molecule has 184 valence electrons. The number of rotatable bonds is 8. The minimum absolute atomic E-state index is 0.0570. The zero-order chi connectivity index (χ0) is 25.4. The number of nitrogens with zero attached hydrogens (tertiary/aromatic N) is 4. The molecule has 4 rings (SSSR count). The Kier molecular flexibility index (Phi) is 6.40. The molecule has 0 radical (unpaired) electrons. The maximum atomic E-state index is 13.6. The van der Waals surface area contributed by atoms with Crippen molar-refractivity contribution < 1.29 is 18.3 Å². The SMILES string of the molecule is C=C(C)C(F)(F)COc1ccc(C(C)NC(=O)c2cc(C)nc(NC3=NC4CC4(C)C=C3)n2)cn1. The number of fused-ring (bicyclic) bond motifs is 1. The predicted molar refractivity (Wildman–Crippen MR) is 129 cm³/mol. The number of nitrogens with one attached hydrogen (secondary N) is 2. The Balaban J connectivity index is 1.37. The van der Waals surface area contributed by atoms with Crippen LogP contribution in [0.2, 0.25) is 0 Å². The lowest BCUT2D eigenvalue weighted by Crippen LogP contribution is -2.28. The highest BCUT2D eigenvalue weighted by atomic mass is 19.3. The number of halogens is 2. The molecular formula is C25H28F2N6O2. The summed E-state index contributed by atoms with van der Waals surface area (Å²) in [7, 11) is 0. The molecule has 10 heteroatoms. The number of aryl methyl sites for hydroxylation is 1. The first-order chi connectivity index (χ1) is 16.4. The van der Waals surface area contributed by atoms with Gasteiger partial charge in [0.15, 0.2) is 6.61 Å². The summed E-state index contributed by atoms with van der Waals surface area (Å²) < 4.78 is 32.4. The van der Waals surface area contributed by atoms with E-state index in [2.05, 4.69) is 50.2 Å². The lowest BCUT2D eigenvalue weighted by atomic mass is 10.1. The number of amidine groups is 1. The van der Waals surface area contributed by atoms with Crippen LogP contribution in [0.3, 0.4) is 0 Å². The molecule has 2 aromatic heterocycles. The van der Waals surface area contributed by atoms with Gasteiger partial charge in [-0.3, -0.25) is 9.79 Å². The highest BCUT2D eigenvalue weighted by Crippen LogP contribution is 2.51. The van der Waals surface area contributed by atoms with E-state index in [0.717, 1.165) is 6.42 Å². The van der Waals surface area contributed by atoms with Gasteiger partial charge in [0, 0.05) is 23.4 Å². The fourth-order valence-electron chi connectivity index (χ4n) is 3.51. The topological polar surface area (TPSA) is 101 Å². The van der Waals surface area contributed by atoms with Crippen LogP contribution in [0.5, 0.6) is 5.88 Å². The first kappa shape index (κ1) is 24.4. The van der Waals surface area contributed by atoms with Crippen LogP contribution >= 0.6 is 0 Å². The Morgan fingerprint density at radius 3 is 2.80 bits per heavy atom. The summed E-state index contributed by atoms with van der Waals surface area (Å²) in [6, 6.07) is 4.60. The van der Waals surface area contributed by atoms with Crippen molar-refractivity contribution in [1.82, 2.24) is 20.3 Å². The zero-order valence-electron chi connectivity index (χ0n) is 20.1. The third-order valence-electron chi connectivity index (χ3n) is 6.11. The average molecular weight is 483 g/mol. The first-order valence-corrected chi connectivity index (χ1v) is 11.3. The molecule has 3 heterocycles. The van der Waals surface area contributed by atoms with Gasteiger partial charge in [-0.2, -0.15) is 8.78 Å². The van der Waals surface area contributed by atoms with E-state index in [1.54, 1.807) is 26.0 Å². The minimum atomic E-state index is -3.14. The molecule has 2 aliphatic rings. The number of aromatic nitrogens is 3. The number of anilines is 1. The zero-order valence-corrected chi connectivity index (χ0v) is 20.1. The van der Waals surface area contributed by atoms with Crippen molar-refractivity contribution in [3.63, 3.8) is 0 Å². The molecule has 3 atom stereocenters. The van der Waals surface area contributed by atoms with Crippen molar-refractivity contribution in [2.45, 2.75) is 52.1 Å². The molecule has 0 spiro atoms. The number of hydrogen-bond acceptors (Lipinski definition) is 7. The van der Waals surface area contributed by atoms with E-state index in [1.165, 1.54) is 19.2 Å². The summed E-state index contributed by atoms with van der Waals surface area (Å²) in [6.45, 7) is 9.40. The van der Waals surface area contributed by atoms with Gasteiger partial charge in [-0.25, -0.2) is 15.0 Å². The van der Waals surface area contributed by atoms with Crippen LogP contribution in [0.4, 0.5) is 14.7 Å². The summed E-state index contributed by atoms with van der Waals surface area (Å²) in [6.07, 6.45) is 6.54. The lowest BCUT2D eigenvalue weighted by molar-refractivity contribution is -0.00696. The normalized spacial score (nSPS) is 21.4. The first-order valence-electron chi connectivity index (χ1n) is 11.3. The second-order valence-corrected chi connectivity index (χ2v) is 9.31. The molecule has 0 aromatic carbocycles. The Labute approximate surface area is 202 Å². The molecule has 0 saturated heterocycles. The van der Waals surface area contributed by atoms with Crippen molar-refractivity contribution in [3.8, 4) is 5.88 Å². The molecule has 1 saturated carbocycles. The fraction of sp³-hybridized carbons (Fsp3) is 0.400. The Morgan fingerprint density at radius 1 is 1.37 bits per heavy atom. The monoisotopic (exact) mass is 482 g/mol. The Bertz CT molecular complexity index is 1210. The van der Waals surface area contributed by atoms with Gasteiger partial charge in [0.1, 0.15) is 11.5 Å². The van der Waals surface area contributed by atoms with Crippen molar-refractivity contribution in [2.75, 3.05) is 11.9 Å². The quantitative estimate of drug-likeness (QED) is 0.540. The second-order valence-electron chi connectivity index (χ2n) is 9.31. The Hall–Kier alpha value is -3.69. The van der Waals surface area contributed by atoms with E-state index in [1.807, 2.05) is 6.08 Å². The lowest BCUT2D eigenvalue weighted by Gasteiger charge is -2.17. The van der Waals surface area contributed by atoms with Crippen LogP contribution in [-0.2, 0) is 0 Å². The van der Waals surface area contributed by atoms with Gasteiger partial charge in [-0.15, -0.1) is 0 Å². The van der Waals surface area contributed by atoms with Gasteiger partial charge in [0.2, 0.25) is 11.8 Å². The van der Waals surface area contributed by atoms with E-state index in [0.29, 0.717) is 23.0 Å². The van der Waals surface area contributed by atoms with E-state index < -0.39 is 18.6 Å². The van der Waals surface area contributed by atoms with Crippen LogP contribution in [0.15, 0.2) is 53.7 Å². The standard InChI is InChI=1S/C25H28F2N6O2/c1-14(2)25(26,27)13-35-21-7-6-17(12-28-21)16(4)30-22(34)18-10-15(3)29-23(31-18)33-20-8-9-24(5)11-19(24)32-20/h6-10,12,16,19H,1,11,13H2,2-5H3,(H,30,34)(H,29,31,32,33). The minimum Gasteiger partial charge on any atom is -0.471 e. The smallest absolute Gasteiger partial charge is 0.302 e. The molecule has 2 aromatic rings. The highest BCUT2D eigenvalue weighted by molar-refractivity contribution is 6.04. The van der Waals surface area contributed by atoms with Crippen LogP contribution in [-0.4, -0.2) is 45.3 Å². The van der Waals surface area contributed by atoms with Gasteiger partial charge in [-0.1, -0.05) is 25.6 Å². The number of dihydropyridines is 1. The number of hydrogen-bond donors (Lipinski definition) is 2. The largest absolute Gasteiger partial charge is 0.471 e. The van der Waals surface area contributed by atoms with Gasteiger partial charge >= 0.3 is 5.92 Å². The second kappa shape index (κ2) is 9.16. The van der Waals surface area contributed by atoms with Gasteiger partial charge in [-0.05, 0) is 50.5 Å². The summed E-state index contributed by atoms with van der Waals surface area (Å²) in [5, 5.41) is 5.96. The van der Waals surface area contributed by atoms with E-state index in [4.69, 9.17) is 4.74 Å². The van der Waals surface area contributed by atoms with Gasteiger partial charge in [0.25, 0.3) is 5.91 Å².